The van der Waals surface area contributed by atoms with Gasteiger partial charge in [-0.2, -0.15) is 0 Å². The summed E-state index contributed by atoms with van der Waals surface area (Å²) < 4.78 is 32.8. The Morgan fingerprint density at radius 3 is 2.32 bits per heavy atom. The molecule has 1 atom stereocenters. The van der Waals surface area contributed by atoms with E-state index in [1.807, 2.05) is 0 Å². The molecule has 0 bridgehead atoms. The SMILES string of the molecule is COC(=O)[C@H]1CS(=O)(=O)CCN1C(=O)OC(C)(C)C. The molecule has 0 N–H and O–H groups in total. The van der Waals surface area contributed by atoms with Gasteiger partial charge in [0.2, 0.25) is 0 Å². The maximum atomic E-state index is 12.0. The Morgan fingerprint density at radius 2 is 1.84 bits per heavy atom. The van der Waals surface area contributed by atoms with Gasteiger partial charge in [0, 0.05) is 6.54 Å². The van der Waals surface area contributed by atoms with E-state index in [4.69, 9.17) is 4.74 Å². The molecule has 0 radical (unpaired) electrons. The molecule has 1 saturated heterocycles. The van der Waals surface area contributed by atoms with Crippen LogP contribution in [0.1, 0.15) is 20.8 Å². The number of sulfone groups is 1. The molecule has 7 nitrogen and oxygen atoms in total. The van der Waals surface area contributed by atoms with Crippen LogP contribution in [-0.4, -0.2) is 62.2 Å². The predicted molar refractivity (Wildman–Crippen MR) is 67.4 cm³/mol. The number of hydrogen-bond donors (Lipinski definition) is 0. The lowest BCUT2D eigenvalue weighted by atomic mass is 10.2. The third kappa shape index (κ3) is 4.38. The van der Waals surface area contributed by atoms with Crippen molar-refractivity contribution in [3.05, 3.63) is 0 Å². The van der Waals surface area contributed by atoms with Crippen LogP contribution in [0.25, 0.3) is 0 Å². The van der Waals surface area contributed by atoms with Crippen molar-refractivity contribution < 1.29 is 27.5 Å². The molecule has 0 aromatic carbocycles. The smallest absolute Gasteiger partial charge is 0.411 e. The first kappa shape index (κ1) is 15.7. The third-order valence-corrected chi connectivity index (χ3v) is 4.16. The Hall–Kier alpha value is -1.31. The van der Waals surface area contributed by atoms with Gasteiger partial charge in [0.25, 0.3) is 0 Å². The molecule has 0 aromatic rings. The molecule has 1 rings (SSSR count). The summed E-state index contributed by atoms with van der Waals surface area (Å²) in [6.07, 6.45) is -0.710. The zero-order valence-electron chi connectivity index (χ0n) is 11.5. The Balaban J connectivity index is 2.91. The standard InChI is InChI=1S/C11H19NO6S/c1-11(2,3)18-10(14)12-5-6-19(15,16)7-8(12)9(13)17-4/h8H,5-7H2,1-4H3/t8-/m1/s1. The first-order valence-electron chi connectivity index (χ1n) is 5.83. The fourth-order valence-corrected chi connectivity index (χ4v) is 3.12. The Kier molecular flexibility index (Phi) is 4.44. The summed E-state index contributed by atoms with van der Waals surface area (Å²) in [5, 5.41) is 0. The van der Waals surface area contributed by atoms with Crippen LogP contribution < -0.4 is 0 Å². The van der Waals surface area contributed by atoms with E-state index in [9.17, 15) is 18.0 Å². The maximum Gasteiger partial charge on any atom is 0.411 e. The number of rotatable bonds is 1. The summed E-state index contributed by atoms with van der Waals surface area (Å²) in [6, 6.07) is -1.14. The minimum Gasteiger partial charge on any atom is -0.467 e. The van der Waals surface area contributed by atoms with Crippen LogP contribution in [-0.2, 0) is 24.1 Å². The minimum atomic E-state index is -3.35. The summed E-state index contributed by atoms with van der Waals surface area (Å²) in [4.78, 5) is 24.7. The third-order valence-electron chi connectivity index (χ3n) is 2.53. The number of carbonyl (C=O) groups excluding carboxylic acids is 2. The summed E-state index contributed by atoms with van der Waals surface area (Å²) in [7, 11) is -2.20. The average molecular weight is 293 g/mol. The van der Waals surface area contributed by atoms with Crippen molar-refractivity contribution in [1.29, 1.82) is 0 Å². The molecule has 8 heteroatoms. The Morgan fingerprint density at radius 1 is 1.26 bits per heavy atom. The molecule has 1 aliphatic rings. The quantitative estimate of drug-likeness (QED) is 0.641. The zero-order chi connectivity index (χ0) is 14.8. The van der Waals surface area contributed by atoms with Crippen molar-refractivity contribution in [3.63, 3.8) is 0 Å². The van der Waals surface area contributed by atoms with E-state index in [0.717, 1.165) is 12.0 Å². The van der Waals surface area contributed by atoms with Gasteiger partial charge in [-0.3, -0.25) is 4.90 Å². The van der Waals surface area contributed by atoms with Crippen LogP contribution >= 0.6 is 0 Å². The van der Waals surface area contributed by atoms with Crippen molar-refractivity contribution in [2.24, 2.45) is 0 Å². The summed E-state index contributed by atoms with van der Waals surface area (Å²) in [5.74, 6) is -1.37. The monoisotopic (exact) mass is 293 g/mol. The van der Waals surface area contributed by atoms with Gasteiger partial charge in [0.1, 0.15) is 11.6 Å². The minimum absolute atomic E-state index is 0.0724. The van der Waals surface area contributed by atoms with E-state index < -0.39 is 39.3 Å². The number of methoxy groups -OCH3 is 1. The second-order valence-electron chi connectivity index (χ2n) is 5.33. The number of ether oxygens (including phenoxy) is 2. The van der Waals surface area contributed by atoms with Gasteiger partial charge in [-0.05, 0) is 20.8 Å². The molecule has 1 heterocycles. The highest BCUT2D eigenvalue weighted by atomic mass is 32.2. The Labute approximate surface area is 112 Å². The molecule has 110 valence electrons. The van der Waals surface area contributed by atoms with Crippen LogP contribution in [0, 0.1) is 0 Å². The first-order chi connectivity index (χ1) is 8.56. The lowest BCUT2D eigenvalue weighted by molar-refractivity contribution is -0.146. The van der Waals surface area contributed by atoms with Gasteiger partial charge < -0.3 is 9.47 Å². The molecule has 1 amide bonds. The fraction of sp³-hybridized carbons (Fsp3) is 0.818. The molecule has 19 heavy (non-hydrogen) atoms. The summed E-state index contributed by atoms with van der Waals surface area (Å²) in [6.45, 7) is 5.01. The van der Waals surface area contributed by atoms with Crippen LogP contribution in [0.3, 0.4) is 0 Å². The van der Waals surface area contributed by atoms with E-state index >= 15 is 0 Å². The first-order valence-corrected chi connectivity index (χ1v) is 7.66. The van der Waals surface area contributed by atoms with Gasteiger partial charge in [0.05, 0.1) is 18.6 Å². The largest absolute Gasteiger partial charge is 0.467 e. The van der Waals surface area contributed by atoms with Crippen LogP contribution in [0.5, 0.6) is 0 Å². The second kappa shape index (κ2) is 5.36. The predicted octanol–water partition coefficient (Wildman–Crippen LogP) is 0.193. The number of esters is 1. The van der Waals surface area contributed by atoms with E-state index in [2.05, 4.69) is 4.74 Å². The van der Waals surface area contributed by atoms with Gasteiger partial charge in [-0.25, -0.2) is 18.0 Å². The Bertz CT molecular complexity index is 464. The zero-order valence-corrected chi connectivity index (χ0v) is 12.3. The van der Waals surface area contributed by atoms with Crippen molar-refractivity contribution >= 4 is 21.9 Å². The maximum absolute atomic E-state index is 12.0. The molecular formula is C11H19NO6S. The number of hydrogen-bond acceptors (Lipinski definition) is 6. The van der Waals surface area contributed by atoms with Crippen LogP contribution in [0.2, 0.25) is 0 Å². The van der Waals surface area contributed by atoms with Crippen molar-refractivity contribution in [1.82, 2.24) is 4.90 Å². The van der Waals surface area contributed by atoms with Gasteiger partial charge in [-0.15, -0.1) is 0 Å². The second-order valence-corrected chi connectivity index (χ2v) is 7.56. The lowest BCUT2D eigenvalue weighted by Gasteiger charge is -2.34. The van der Waals surface area contributed by atoms with Crippen LogP contribution in [0.15, 0.2) is 0 Å². The van der Waals surface area contributed by atoms with Gasteiger partial charge in [-0.1, -0.05) is 0 Å². The van der Waals surface area contributed by atoms with E-state index in [1.165, 1.54) is 0 Å². The molecule has 0 aliphatic carbocycles. The van der Waals surface area contributed by atoms with Gasteiger partial charge >= 0.3 is 12.1 Å². The number of amides is 1. The highest BCUT2D eigenvalue weighted by molar-refractivity contribution is 7.91. The van der Waals surface area contributed by atoms with E-state index in [-0.39, 0.29) is 12.3 Å². The summed E-state index contributed by atoms with van der Waals surface area (Å²) >= 11 is 0. The average Bonchev–Trinajstić information content (AvgIpc) is 2.24. The molecule has 0 aromatic heterocycles. The van der Waals surface area contributed by atoms with Crippen molar-refractivity contribution in [2.45, 2.75) is 32.4 Å². The normalized spacial score (nSPS) is 22.7. The van der Waals surface area contributed by atoms with E-state index in [0.29, 0.717) is 0 Å². The fourth-order valence-electron chi connectivity index (χ4n) is 1.68. The van der Waals surface area contributed by atoms with E-state index in [1.54, 1.807) is 20.8 Å². The molecule has 0 spiro atoms. The number of carbonyl (C=O) groups is 2. The van der Waals surface area contributed by atoms with Crippen molar-refractivity contribution in [2.75, 3.05) is 25.2 Å². The van der Waals surface area contributed by atoms with Gasteiger partial charge in [0.15, 0.2) is 9.84 Å². The molecule has 1 fully saturated rings. The topological polar surface area (TPSA) is 90.0 Å². The molecular weight excluding hydrogens is 274 g/mol. The summed E-state index contributed by atoms with van der Waals surface area (Å²) in [5.41, 5.74) is -0.714. The molecule has 0 unspecified atom stereocenters. The molecule has 0 saturated carbocycles. The van der Waals surface area contributed by atoms with Crippen LogP contribution in [0.4, 0.5) is 4.79 Å². The highest BCUT2D eigenvalue weighted by Crippen LogP contribution is 2.17. The molecule has 1 aliphatic heterocycles. The highest BCUT2D eigenvalue weighted by Gasteiger charge is 2.41. The van der Waals surface area contributed by atoms with Crippen molar-refractivity contribution in [3.8, 4) is 0 Å². The number of nitrogens with zero attached hydrogens (tertiary/aromatic N) is 1. The lowest BCUT2D eigenvalue weighted by Crippen LogP contribution is -2.56.